The Morgan fingerprint density at radius 1 is 1.30 bits per heavy atom. The van der Waals surface area contributed by atoms with Gasteiger partial charge in [-0.25, -0.2) is 9.67 Å². The number of hydrogen-bond donors (Lipinski definition) is 1. The van der Waals surface area contributed by atoms with Crippen LogP contribution < -0.4 is 5.32 Å². The molecule has 0 spiro atoms. The van der Waals surface area contributed by atoms with Crippen LogP contribution in [-0.2, 0) is 24.4 Å². The summed E-state index contributed by atoms with van der Waals surface area (Å²) in [4.78, 5) is 4.26. The fourth-order valence-corrected chi connectivity index (χ4v) is 3.27. The zero-order valence-corrected chi connectivity index (χ0v) is 13.4. The predicted octanol–water partition coefficient (Wildman–Crippen LogP) is 2.09. The van der Waals surface area contributed by atoms with Crippen LogP contribution in [0.15, 0.2) is 41.9 Å². The molecular weight excluding hydrogens is 310 g/mol. The van der Waals surface area contributed by atoms with Gasteiger partial charge in [0.05, 0.1) is 24.9 Å². The number of rotatable bonds is 5. The monoisotopic (exact) mass is 327 g/mol. The zero-order chi connectivity index (χ0) is 15.5. The lowest BCUT2D eigenvalue weighted by Gasteiger charge is -2.24. The van der Waals surface area contributed by atoms with Crippen molar-refractivity contribution in [3.8, 4) is 11.3 Å². The summed E-state index contributed by atoms with van der Waals surface area (Å²) in [5, 5.41) is 15.1. The molecule has 0 saturated carbocycles. The fourth-order valence-electron chi connectivity index (χ4n) is 2.69. The molecular formula is C16H17N5OS. The van der Waals surface area contributed by atoms with Crippen molar-refractivity contribution in [3.63, 3.8) is 0 Å². The van der Waals surface area contributed by atoms with E-state index in [9.17, 15) is 0 Å². The molecule has 0 bridgehead atoms. The minimum Gasteiger partial charge on any atom is -0.369 e. The smallest absolute Gasteiger partial charge is 0.118 e. The molecule has 7 heteroatoms. The Morgan fingerprint density at radius 3 is 3.04 bits per heavy atom. The molecule has 0 amide bonds. The second-order valence-electron chi connectivity index (χ2n) is 5.42. The van der Waals surface area contributed by atoms with E-state index >= 15 is 0 Å². The quantitative estimate of drug-likeness (QED) is 0.777. The first kappa shape index (κ1) is 14.5. The molecule has 0 aliphatic carbocycles. The number of ether oxygens (including phenoxy) is 1. The summed E-state index contributed by atoms with van der Waals surface area (Å²) in [6.07, 6.45) is 1.93. The first-order valence-corrected chi connectivity index (χ1v) is 8.46. The van der Waals surface area contributed by atoms with E-state index in [2.05, 4.69) is 20.6 Å². The molecule has 1 aliphatic rings. The van der Waals surface area contributed by atoms with Gasteiger partial charge >= 0.3 is 0 Å². The molecule has 1 aromatic carbocycles. The van der Waals surface area contributed by atoms with Gasteiger partial charge in [0, 0.05) is 30.2 Å². The molecule has 23 heavy (non-hydrogen) atoms. The van der Waals surface area contributed by atoms with Gasteiger partial charge in [-0.15, -0.1) is 16.4 Å². The van der Waals surface area contributed by atoms with Gasteiger partial charge in [-0.3, -0.25) is 0 Å². The molecule has 0 fully saturated rings. The molecule has 1 N–H and O–H groups in total. The lowest BCUT2D eigenvalue weighted by atomic mass is 10.1. The Labute approximate surface area is 138 Å². The van der Waals surface area contributed by atoms with E-state index in [1.165, 1.54) is 0 Å². The molecule has 2 aromatic heterocycles. The summed E-state index contributed by atoms with van der Waals surface area (Å²) >= 11 is 1.66. The third-order valence-electron chi connectivity index (χ3n) is 3.85. The van der Waals surface area contributed by atoms with E-state index in [1.54, 1.807) is 11.3 Å². The van der Waals surface area contributed by atoms with Crippen molar-refractivity contribution < 1.29 is 4.74 Å². The van der Waals surface area contributed by atoms with E-state index in [4.69, 9.17) is 4.74 Å². The van der Waals surface area contributed by atoms with Crippen LogP contribution >= 0.6 is 11.3 Å². The number of hydrogen-bond acceptors (Lipinski definition) is 6. The second-order valence-corrected chi connectivity index (χ2v) is 6.40. The third kappa shape index (κ3) is 3.17. The van der Waals surface area contributed by atoms with Crippen LogP contribution in [0.25, 0.3) is 11.3 Å². The van der Waals surface area contributed by atoms with Gasteiger partial charge in [0.2, 0.25) is 0 Å². The molecule has 3 heterocycles. The van der Waals surface area contributed by atoms with Gasteiger partial charge in [0.25, 0.3) is 0 Å². The van der Waals surface area contributed by atoms with Gasteiger partial charge in [0.1, 0.15) is 10.7 Å². The molecule has 0 unspecified atom stereocenters. The van der Waals surface area contributed by atoms with Crippen molar-refractivity contribution in [1.29, 1.82) is 0 Å². The fraction of sp³-hybridized carbons (Fsp3) is 0.312. The van der Waals surface area contributed by atoms with Crippen molar-refractivity contribution in [1.82, 2.24) is 25.3 Å². The Hall–Kier alpha value is -2.09. The second kappa shape index (κ2) is 6.57. The Balaban J connectivity index is 1.39. The molecule has 1 aliphatic heterocycles. The van der Waals surface area contributed by atoms with Gasteiger partial charge in [-0.1, -0.05) is 35.5 Å². The van der Waals surface area contributed by atoms with Gasteiger partial charge < -0.3 is 10.1 Å². The molecule has 3 aromatic rings. The molecule has 1 atom stereocenters. The maximum Gasteiger partial charge on any atom is 0.118 e. The van der Waals surface area contributed by atoms with Crippen LogP contribution in [0.5, 0.6) is 0 Å². The van der Waals surface area contributed by atoms with Gasteiger partial charge in [-0.05, 0) is 0 Å². The Morgan fingerprint density at radius 2 is 2.22 bits per heavy atom. The lowest BCUT2D eigenvalue weighted by Crippen LogP contribution is -2.36. The van der Waals surface area contributed by atoms with Crippen LogP contribution in [0.3, 0.4) is 0 Å². The largest absolute Gasteiger partial charge is 0.369 e. The van der Waals surface area contributed by atoms with Crippen LogP contribution in [0.4, 0.5) is 0 Å². The van der Waals surface area contributed by atoms with Crippen molar-refractivity contribution in [2.75, 3.05) is 6.54 Å². The number of aromatic nitrogens is 4. The van der Waals surface area contributed by atoms with Crippen molar-refractivity contribution >= 4 is 11.3 Å². The summed E-state index contributed by atoms with van der Waals surface area (Å²) in [5.74, 6) is 0. The predicted molar refractivity (Wildman–Crippen MR) is 87.9 cm³/mol. The lowest BCUT2D eigenvalue weighted by molar-refractivity contribution is 0.00125. The highest BCUT2D eigenvalue weighted by atomic mass is 32.1. The van der Waals surface area contributed by atoms with E-state index in [0.717, 1.165) is 41.6 Å². The standard InChI is InChI=1S/C16H17N5OS/c1-2-4-12(5-3-1)16-14-11-22-13(10-21(14)20-19-16)8-17-9-15-18-6-7-23-15/h1-7,13,17H,8-11H2/t13-/m0/s1. The van der Waals surface area contributed by atoms with Crippen molar-refractivity contribution in [2.24, 2.45) is 0 Å². The summed E-state index contributed by atoms with van der Waals surface area (Å²) in [7, 11) is 0. The number of nitrogens with zero attached hydrogens (tertiary/aromatic N) is 4. The summed E-state index contributed by atoms with van der Waals surface area (Å²) in [6.45, 7) is 2.82. The van der Waals surface area contributed by atoms with Gasteiger partial charge in [0.15, 0.2) is 0 Å². The maximum absolute atomic E-state index is 5.96. The first-order valence-electron chi connectivity index (χ1n) is 7.58. The maximum atomic E-state index is 5.96. The molecule has 118 valence electrons. The topological polar surface area (TPSA) is 64.9 Å². The molecule has 6 nitrogen and oxygen atoms in total. The number of fused-ring (bicyclic) bond motifs is 1. The van der Waals surface area contributed by atoms with E-state index in [-0.39, 0.29) is 6.10 Å². The summed E-state index contributed by atoms with van der Waals surface area (Å²) in [5.41, 5.74) is 3.05. The number of nitrogens with one attached hydrogen (secondary N) is 1. The molecule has 4 rings (SSSR count). The minimum atomic E-state index is 0.104. The SMILES string of the molecule is c1ccc(-c2nnn3c2CO[C@@H](CNCc2nccs2)C3)cc1. The number of benzene rings is 1. The highest BCUT2D eigenvalue weighted by Crippen LogP contribution is 2.24. The average Bonchev–Trinajstić information content (AvgIpc) is 3.25. The van der Waals surface area contributed by atoms with E-state index < -0.39 is 0 Å². The van der Waals surface area contributed by atoms with Crippen LogP contribution in [0, 0.1) is 0 Å². The highest BCUT2D eigenvalue weighted by molar-refractivity contribution is 7.09. The first-order chi connectivity index (χ1) is 11.4. The molecule has 0 radical (unpaired) electrons. The highest BCUT2D eigenvalue weighted by Gasteiger charge is 2.24. The van der Waals surface area contributed by atoms with Crippen LogP contribution in [0.1, 0.15) is 10.7 Å². The average molecular weight is 327 g/mol. The van der Waals surface area contributed by atoms with Crippen molar-refractivity contribution in [3.05, 3.63) is 52.6 Å². The summed E-state index contributed by atoms with van der Waals surface area (Å²) < 4.78 is 7.92. The summed E-state index contributed by atoms with van der Waals surface area (Å²) in [6, 6.07) is 10.1. The molecule has 0 saturated heterocycles. The zero-order valence-electron chi connectivity index (χ0n) is 12.6. The number of thiazole rings is 1. The van der Waals surface area contributed by atoms with Crippen molar-refractivity contribution in [2.45, 2.75) is 25.8 Å². The minimum absolute atomic E-state index is 0.104. The van der Waals surface area contributed by atoms with Gasteiger partial charge in [-0.2, -0.15) is 0 Å². The normalized spacial score (nSPS) is 17.1. The third-order valence-corrected chi connectivity index (χ3v) is 4.63. The van der Waals surface area contributed by atoms with E-state index in [1.807, 2.05) is 46.6 Å². The van der Waals surface area contributed by atoms with Crippen LogP contribution in [-0.4, -0.2) is 32.6 Å². The Kier molecular flexibility index (Phi) is 4.14. The van der Waals surface area contributed by atoms with Crippen LogP contribution in [0.2, 0.25) is 0 Å². The Bertz CT molecular complexity index is 756. The van der Waals surface area contributed by atoms with E-state index in [0.29, 0.717) is 6.61 Å².